The van der Waals surface area contributed by atoms with Crippen molar-refractivity contribution < 1.29 is 71.2 Å². The normalized spacial score (nSPS) is 10.3. The molecule has 0 aromatic heterocycles. The van der Waals surface area contributed by atoms with Crippen LogP contribution in [0.25, 0.3) is 0 Å². The van der Waals surface area contributed by atoms with Gasteiger partial charge in [-0.25, -0.2) is 0 Å². The minimum atomic E-state index is -1.29. The Kier molecular flexibility index (Phi) is 15.5. The van der Waals surface area contributed by atoms with Crippen molar-refractivity contribution in [1.29, 1.82) is 0 Å². The number of aliphatic carboxylic acids is 2. The molecule has 0 radical (unpaired) electrons. The molecule has 0 spiro atoms. The van der Waals surface area contributed by atoms with Gasteiger partial charge in [-0.1, -0.05) is 0 Å². The van der Waals surface area contributed by atoms with Crippen LogP contribution in [0, 0.1) is 0 Å². The van der Waals surface area contributed by atoms with Crippen molar-refractivity contribution in [2.24, 2.45) is 5.73 Å². The van der Waals surface area contributed by atoms with E-state index < -0.39 is 24.4 Å². The van der Waals surface area contributed by atoms with Crippen molar-refractivity contribution in [2.45, 2.75) is 12.5 Å². The second-order valence-electron chi connectivity index (χ2n) is 1.54. The summed E-state index contributed by atoms with van der Waals surface area (Å²) in [6.07, 6.45) is -0.532. The average molecular weight is 197 g/mol. The van der Waals surface area contributed by atoms with E-state index in [0.717, 1.165) is 0 Å². The Morgan fingerprint density at radius 1 is 1.36 bits per heavy atom. The summed E-state index contributed by atoms with van der Waals surface area (Å²) in [6, 6.07) is -1.29. The summed E-state index contributed by atoms with van der Waals surface area (Å²) in [7, 11) is 0. The van der Waals surface area contributed by atoms with E-state index in [1.54, 1.807) is 0 Å². The van der Waals surface area contributed by atoms with Crippen molar-refractivity contribution in [3.63, 3.8) is 0 Å². The molecular formula is C4H7KMgNO4+3. The maximum Gasteiger partial charge on any atom is 2.00 e. The van der Waals surface area contributed by atoms with E-state index >= 15 is 0 Å². The first kappa shape index (κ1) is 18.2. The summed E-state index contributed by atoms with van der Waals surface area (Å²) in [5.74, 6) is -2.50. The Bertz CT molecular complexity index is 142. The molecule has 0 rings (SSSR count). The molecule has 0 fully saturated rings. The second-order valence-corrected chi connectivity index (χ2v) is 1.54. The summed E-state index contributed by atoms with van der Waals surface area (Å²) in [6.45, 7) is 0. The molecule has 0 aliphatic heterocycles. The van der Waals surface area contributed by atoms with Crippen LogP contribution in [0.4, 0.5) is 0 Å². The Labute approximate surface area is 122 Å². The van der Waals surface area contributed by atoms with Gasteiger partial charge in [-0.3, -0.25) is 9.59 Å². The summed E-state index contributed by atoms with van der Waals surface area (Å²) < 4.78 is 0. The van der Waals surface area contributed by atoms with E-state index in [4.69, 9.17) is 15.9 Å². The zero-order valence-corrected chi connectivity index (χ0v) is 10.8. The minimum Gasteiger partial charge on any atom is -0.481 e. The number of carboxylic acids is 2. The number of nitrogens with two attached hydrogens (primary N) is 1. The molecule has 0 bridgehead atoms. The van der Waals surface area contributed by atoms with Crippen LogP contribution in [0.3, 0.4) is 0 Å². The van der Waals surface area contributed by atoms with E-state index in [1.807, 2.05) is 0 Å². The molecule has 0 amide bonds. The molecule has 0 saturated heterocycles. The molecule has 52 valence electrons. The summed E-state index contributed by atoms with van der Waals surface area (Å²) in [5, 5.41) is 16.0. The van der Waals surface area contributed by atoms with E-state index in [2.05, 4.69) is 0 Å². The molecule has 0 aliphatic rings. The number of carboxylic acid groups (broad SMARTS) is 2. The third-order valence-electron chi connectivity index (χ3n) is 0.712. The van der Waals surface area contributed by atoms with Crippen molar-refractivity contribution in [3.8, 4) is 0 Å². The van der Waals surface area contributed by atoms with Crippen molar-refractivity contribution in [3.05, 3.63) is 0 Å². The number of hydrogen-bond acceptors (Lipinski definition) is 3. The average Bonchev–Trinajstić information content (AvgIpc) is 1.63. The predicted octanol–water partition coefficient (Wildman–Crippen LogP) is -4.50. The van der Waals surface area contributed by atoms with Gasteiger partial charge in [-0.2, -0.15) is 0 Å². The van der Waals surface area contributed by atoms with Gasteiger partial charge in [-0.05, 0) is 0 Å². The van der Waals surface area contributed by atoms with Crippen LogP contribution < -0.4 is 57.1 Å². The molecule has 4 N–H and O–H groups in total. The largest absolute Gasteiger partial charge is 2.00 e. The molecule has 0 aromatic rings. The number of rotatable bonds is 3. The second kappa shape index (κ2) is 9.39. The van der Waals surface area contributed by atoms with Gasteiger partial charge in [-0.15, -0.1) is 0 Å². The van der Waals surface area contributed by atoms with Crippen LogP contribution in [0.2, 0.25) is 0 Å². The van der Waals surface area contributed by atoms with Crippen LogP contribution in [0.15, 0.2) is 0 Å². The van der Waals surface area contributed by atoms with E-state index in [-0.39, 0.29) is 74.4 Å². The van der Waals surface area contributed by atoms with E-state index in [1.165, 1.54) is 0 Å². The first-order valence-electron chi connectivity index (χ1n) is 2.24. The first-order valence-corrected chi connectivity index (χ1v) is 2.24. The Balaban J connectivity index is -0.000000320. The molecule has 1 atom stereocenters. The van der Waals surface area contributed by atoms with Crippen LogP contribution in [-0.4, -0.2) is 51.2 Å². The topological polar surface area (TPSA) is 101 Å². The first-order chi connectivity index (χ1) is 4.04. The van der Waals surface area contributed by atoms with Crippen LogP contribution in [0.5, 0.6) is 0 Å². The summed E-state index contributed by atoms with van der Waals surface area (Å²) in [5.41, 5.74) is 4.84. The Hall–Kier alpha value is 1.30. The fraction of sp³-hybridized carbons (Fsp3) is 0.500. The zero-order valence-electron chi connectivity index (χ0n) is 6.28. The quantitative estimate of drug-likeness (QED) is 0.395. The molecule has 0 aromatic carbocycles. The third-order valence-corrected chi connectivity index (χ3v) is 0.712. The summed E-state index contributed by atoms with van der Waals surface area (Å²) >= 11 is 0. The molecule has 0 saturated carbocycles. The Morgan fingerprint density at radius 3 is 1.82 bits per heavy atom. The van der Waals surface area contributed by atoms with Gasteiger partial charge < -0.3 is 15.9 Å². The smallest absolute Gasteiger partial charge is 0.481 e. The number of carbonyl (C=O) groups is 2. The minimum absolute atomic E-state index is 0. The van der Waals surface area contributed by atoms with Crippen molar-refractivity contribution in [1.82, 2.24) is 0 Å². The third kappa shape index (κ3) is 11.3. The molecule has 7 heteroatoms. The fourth-order valence-electron chi connectivity index (χ4n) is 0.275. The molecule has 0 heterocycles. The summed E-state index contributed by atoms with van der Waals surface area (Å²) in [4.78, 5) is 19.6. The fourth-order valence-corrected chi connectivity index (χ4v) is 0.275. The van der Waals surface area contributed by atoms with E-state index in [9.17, 15) is 9.59 Å². The monoisotopic (exact) mass is 196 g/mol. The van der Waals surface area contributed by atoms with Crippen molar-refractivity contribution >= 4 is 35.0 Å². The molecule has 0 unspecified atom stereocenters. The van der Waals surface area contributed by atoms with Gasteiger partial charge >= 0.3 is 86.4 Å². The standard InChI is InChI=1S/C4H7NO4.K.Mg/c5-2(4(8)9)1-3(6)7;;/h2H,1,5H2,(H,6,7)(H,8,9);;/q;+1;+2/t2-;;/m0../s1. The molecular weight excluding hydrogens is 189 g/mol. The van der Waals surface area contributed by atoms with Crippen LogP contribution >= 0.6 is 0 Å². The van der Waals surface area contributed by atoms with Gasteiger partial charge in [0.25, 0.3) is 0 Å². The van der Waals surface area contributed by atoms with Gasteiger partial charge in [0.1, 0.15) is 6.04 Å². The van der Waals surface area contributed by atoms with Crippen LogP contribution in [0.1, 0.15) is 6.42 Å². The Morgan fingerprint density at radius 2 is 1.73 bits per heavy atom. The molecule has 0 aliphatic carbocycles. The zero-order chi connectivity index (χ0) is 7.44. The SMILES string of the molecule is N[C@@H](CC(=O)O)C(=O)O.[K+].[Mg+2]. The van der Waals surface area contributed by atoms with Crippen LogP contribution in [-0.2, 0) is 9.59 Å². The number of hydrogen-bond donors (Lipinski definition) is 3. The predicted molar refractivity (Wildman–Crippen MR) is 33.6 cm³/mol. The molecule has 5 nitrogen and oxygen atoms in total. The van der Waals surface area contributed by atoms with Gasteiger partial charge in [0, 0.05) is 0 Å². The van der Waals surface area contributed by atoms with Gasteiger partial charge in [0.05, 0.1) is 6.42 Å². The van der Waals surface area contributed by atoms with Gasteiger partial charge in [0.15, 0.2) is 0 Å². The molecule has 11 heavy (non-hydrogen) atoms. The van der Waals surface area contributed by atoms with Crippen molar-refractivity contribution in [2.75, 3.05) is 0 Å². The maximum absolute atomic E-state index is 9.85. The van der Waals surface area contributed by atoms with E-state index in [0.29, 0.717) is 0 Å². The van der Waals surface area contributed by atoms with Gasteiger partial charge in [0.2, 0.25) is 0 Å². The maximum atomic E-state index is 9.85.